The van der Waals surface area contributed by atoms with E-state index in [2.05, 4.69) is 5.32 Å². The first-order valence-corrected chi connectivity index (χ1v) is 7.55. The maximum absolute atomic E-state index is 12.0. The molecule has 2 rings (SSSR count). The average molecular weight is 281 g/mol. The summed E-state index contributed by atoms with van der Waals surface area (Å²) in [5, 5.41) is 3.35. The van der Waals surface area contributed by atoms with Crippen LogP contribution >= 0.6 is 11.3 Å². The molecule has 0 atom stereocenters. The molecule has 0 aromatic carbocycles. The fourth-order valence-electron chi connectivity index (χ4n) is 2.26. The number of hydrogen-bond acceptors (Lipinski definition) is 4. The molecule has 104 valence electrons. The van der Waals surface area contributed by atoms with Gasteiger partial charge in [-0.3, -0.25) is 4.79 Å². The van der Waals surface area contributed by atoms with Gasteiger partial charge in [0.2, 0.25) is 5.91 Å². The SMILES string of the molecule is CC(=O)Nc1ccc(C(=O)OC2CCCCCC2)s1. The number of carbonyl (C=O) groups is 2. The van der Waals surface area contributed by atoms with Crippen LogP contribution < -0.4 is 5.32 Å². The number of anilines is 1. The van der Waals surface area contributed by atoms with Gasteiger partial charge in [0.05, 0.1) is 5.00 Å². The Kier molecular flexibility index (Phi) is 4.96. The van der Waals surface area contributed by atoms with Gasteiger partial charge in [-0.05, 0) is 37.8 Å². The van der Waals surface area contributed by atoms with Gasteiger partial charge in [0, 0.05) is 6.92 Å². The molecule has 1 aromatic rings. The van der Waals surface area contributed by atoms with E-state index >= 15 is 0 Å². The number of carbonyl (C=O) groups excluding carboxylic acids is 2. The molecule has 1 aliphatic carbocycles. The Morgan fingerprint density at radius 3 is 2.53 bits per heavy atom. The van der Waals surface area contributed by atoms with Crippen LogP contribution in [0.4, 0.5) is 5.00 Å². The molecule has 0 saturated heterocycles. The van der Waals surface area contributed by atoms with E-state index in [0.717, 1.165) is 25.7 Å². The van der Waals surface area contributed by atoms with E-state index in [1.807, 2.05) is 0 Å². The van der Waals surface area contributed by atoms with Crippen LogP contribution in [0.15, 0.2) is 12.1 Å². The lowest BCUT2D eigenvalue weighted by Crippen LogP contribution is -2.16. The van der Waals surface area contributed by atoms with Gasteiger partial charge in [-0.15, -0.1) is 11.3 Å². The summed E-state index contributed by atoms with van der Waals surface area (Å²) in [4.78, 5) is 23.5. The summed E-state index contributed by atoms with van der Waals surface area (Å²) in [5.41, 5.74) is 0. The highest BCUT2D eigenvalue weighted by Gasteiger charge is 2.19. The van der Waals surface area contributed by atoms with E-state index in [1.165, 1.54) is 31.1 Å². The van der Waals surface area contributed by atoms with Gasteiger partial charge in [0.15, 0.2) is 0 Å². The van der Waals surface area contributed by atoms with Crippen molar-refractivity contribution >= 4 is 28.2 Å². The van der Waals surface area contributed by atoms with Crippen LogP contribution in [0.3, 0.4) is 0 Å². The summed E-state index contributed by atoms with van der Waals surface area (Å²) < 4.78 is 5.53. The molecule has 0 radical (unpaired) electrons. The Bertz CT molecular complexity index is 447. The molecular weight excluding hydrogens is 262 g/mol. The number of esters is 1. The normalized spacial score (nSPS) is 16.7. The lowest BCUT2D eigenvalue weighted by molar-refractivity contribution is -0.114. The Balaban J connectivity index is 1.91. The summed E-state index contributed by atoms with van der Waals surface area (Å²) in [7, 11) is 0. The number of thiophene rings is 1. The minimum Gasteiger partial charge on any atom is -0.458 e. The zero-order valence-corrected chi connectivity index (χ0v) is 11.9. The molecule has 1 fully saturated rings. The third-order valence-electron chi connectivity index (χ3n) is 3.18. The molecule has 1 saturated carbocycles. The summed E-state index contributed by atoms with van der Waals surface area (Å²) in [6.45, 7) is 1.45. The van der Waals surface area contributed by atoms with Crippen molar-refractivity contribution in [3.63, 3.8) is 0 Å². The van der Waals surface area contributed by atoms with Crippen LogP contribution in [0.1, 0.15) is 55.1 Å². The molecule has 1 aliphatic rings. The Labute approximate surface area is 117 Å². The van der Waals surface area contributed by atoms with Crippen molar-refractivity contribution in [3.8, 4) is 0 Å². The number of ether oxygens (including phenoxy) is 1. The number of amides is 1. The molecule has 0 aliphatic heterocycles. The maximum atomic E-state index is 12.0. The van der Waals surface area contributed by atoms with E-state index in [4.69, 9.17) is 4.74 Å². The van der Waals surface area contributed by atoms with Gasteiger partial charge >= 0.3 is 5.97 Å². The van der Waals surface area contributed by atoms with Crippen molar-refractivity contribution < 1.29 is 14.3 Å². The third kappa shape index (κ3) is 4.35. The van der Waals surface area contributed by atoms with Gasteiger partial charge in [-0.2, -0.15) is 0 Å². The second kappa shape index (κ2) is 6.70. The van der Waals surface area contributed by atoms with Crippen molar-refractivity contribution in [1.82, 2.24) is 0 Å². The number of rotatable bonds is 3. The molecule has 0 spiro atoms. The van der Waals surface area contributed by atoms with Crippen LogP contribution in [-0.2, 0) is 9.53 Å². The van der Waals surface area contributed by atoms with Crippen molar-refractivity contribution in [2.24, 2.45) is 0 Å². The quantitative estimate of drug-likeness (QED) is 0.680. The van der Waals surface area contributed by atoms with Crippen molar-refractivity contribution in [2.45, 2.75) is 51.6 Å². The smallest absolute Gasteiger partial charge is 0.348 e. The second-order valence-corrected chi connectivity index (χ2v) is 5.95. The standard InChI is InChI=1S/C14H19NO3S/c1-10(16)15-13-9-8-12(19-13)14(17)18-11-6-4-2-3-5-7-11/h8-9,11H,2-7H2,1H3,(H,15,16). The molecule has 0 bridgehead atoms. The zero-order chi connectivity index (χ0) is 13.7. The minimum atomic E-state index is -0.270. The Hall–Kier alpha value is -1.36. The van der Waals surface area contributed by atoms with E-state index in [-0.39, 0.29) is 18.0 Å². The Morgan fingerprint density at radius 2 is 1.89 bits per heavy atom. The molecule has 1 aromatic heterocycles. The van der Waals surface area contributed by atoms with Crippen LogP contribution in [-0.4, -0.2) is 18.0 Å². The third-order valence-corrected chi connectivity index (χ3v) is 4.16. The monoisotopic (exact) mass is 281 g/mol. The summed E-state index contributed by atoms with van der Waals surface area (Å²) in [5.74, 6) is -0.404. The minimum absolute atomic E-state index is 0.0568. The fourth-order valence-corrected chi connectivity index (χ4v) is 3.09. The topological polar surface area (TPSA) is 55.4 Å². The fraction of sp³-hybridized carbons (Fsp3) is 0.571. The summed E-state index contributed by atoms with van der Waals surface area (Å²) in [6.07, 6.45) is 6.74. The van der Waals surface area contributed by atoms with Gasteiger partial charge in [-0.1, -0.05) is 12.8 Å². The van der Waals surface area contributed by atoms with Crippen LogP contribution in [0.2, 0.25) is 0 Å². The first-order chi connectivity index (χ1) is 9.15. The molecular formula is C14H19NO3S. The average Bonchev–Trinajstić information content (AvgIpc) is 2.66. The molecule has 4 nitrogen and oxygen atoms in total. The summed E-state index contributed by atoms with van der Waals surface area (Å²) >= 11 is 1.26. The first kappa shape index (κ1) is 14.1. The van der Waals surface area contributed by atoms with Crippen LogP contribution in [0.25, 0.3) is 0 Å². The van der Waals surface area contributed by atoms with Crippen molar-refractivity contribution in [1.29, 1.82) is 0 Å². The molecule has 1 amide bonds. The van der Waals surface area contributed by atoms with Crippen LogP contribution in [0, 0.1) is 0 Å². The molecule has 0 unspecified atom stereocenters. The summed E-state index contributed by atoms with van der Waals surface area (Å²) in [6, 6.07) is 3.44. The highest BCUT2D eigenvalue weighted by molar-refractivity contribution is 7.18. The van der Waals surface area contributed by atoms with E-state index in [9.17, 15) is 9.59 Å². The van der Waals surface area contributed by atoms with E-state index in [1.54, 1.807) is 12.1 Å². The number of hydrogen-bond donors (Lipinski definition) is 1. The van der Waals surface area contributed by atoms with E-state index < -0.39 is 0 Å². The van der Waals surface area contributed by atoms with Gasteiger partial charge < -0.3 is 10.1 Å². The Morgan fingerprint density at radius 1 is 1.21 bits per heavy atom. The predicted octanol–water partition coefficient (Wildman–Crippen LogP) is 3.59. The van der Waals surface area contributed by atoms with Crippen molar-refractivity contribution in [3.05, 3.63) is 17.0 Å². The molecule has 19 heavy (non-hydrogen) atoms. The van der Waals surface area contributed by atoms with Crippen LogP contribution in [0.5, 0.6) is 0 Å². The molecule has 1 N–H and O–H groups in total. The maximum Gasteiger partial charge on any atom is 0.348 e. The molecule has 1 heterocycles. The lowest BCUT2D eigenvalue weighted by Gasteiger charge is -2.14. The predicted molar refractivity (Wildman–Crippen MR) is 75.5 cm³/mol. The number of nitrogens with one attached hydrogen (secondary N) is 1. The zero-order valence-electron chi connectivity index (χ0n) is 11.1. The van der Waals surface area contributed by atoms with Gasteiger partial charge in [-0.25, -0.2) is 4.79 Å². The second-order valence-electron chi connectivity index (χ2n) is 4.86. The van der Waals surface area contributed by atoms with Crippen molar-refractivity contribution in [2.75, 3.05) is 5.32 Å². The first-order valence-electron chi connectivity index (χ1n) is 6.73. The van der Waals surface area contributed by atoms with Gasteiger partial charge in [0.1, 0.15) is 11.0 Å². The lowest BCUT2D eigenvalue weighted by atomic mass is 10.1. The highest BCUT2D eigenvalue weighted by atomic mass is 32.1. The van der Waals surface area contributed by atoms with E-state index in [0.29, 0.717) is 9.88 Å². The van der Waals surface area contributed by atoms with Gasteiger partial charge in [0.25, 0.3) is 0 Å². The highest BCUT2D eigenvalue weighted by Crippen LogP contribution is 2.25. The largest absolute Gasteiger partial charge is 0.458 e. The molecule has 5 heteroatoms.